The van der Waals surface area contributed by atoms with E-state index in [-0.39, 0.29) is 42.2 Å². The second-order valence-corrected chi connectivity index (χ2v) is 9.63. The standard InChI is InChI=1S/C28H29ClO6/c1-6-33-26(31)19-10-8-17(9-11-19)22-23(21(30)16-28(3,4)5)25(27(32)34-7-2)35-24(22)18-12-14-20(29)15-13-18/h8-15H,6-7,16H2,1-5H3. The van der Waals surface area contributed by atoms with Crippen molar-refractivity contribution in [3.8, 4) is 22.5 Å². The summed E-state index contributed by atoms with van der Waals surface area (Å²) in [5.41, 5.74) is 1.91. The van der Waals surface area contributed by atoms with E-state index in [1.807, 2.05) is 20.8 Å². The van der Waals surface area contributed by atoms with Crippen molar-refractivity contribution in [3.63, 3.8) is 0 Å². The largest absolute Gasteiger partial charge is 0.462 e. The zero-order valence-electron chi connectivity index (χ0n) is 20.6. The predicted octanol–water partition coefficient (Wildman–Crippen LogP) is 7.24. The van der Waals surface area contributed by atoms with Crippen LogP contribution < -0.4 is 0 Å². The van der Waals surface area contributed by atoms with Crippen LogP contribution in [0.1, 0.15) is 72.3 Å². The number of esters is 2. The average Bonchev–Trinajstić information content (AvgIpc) is 3.20. The maximum absolute atomic E-state index is 13.6. The molecule has 6 nitrogen and oxygen atoms in total. The van der Waals surface area contributed by atoms with E-state index < -0.39 is 11.9 Å². The Labute approximate surface area is 210 Å². The van der Waals surface area contributed by atoms with Gasteiger partial charge in [0.05, 0.1) is 24.3 Å². The molecule has 3 aromatic rings. The van der Waals surface area contributed by atoms with Crippen LogP contribution in [0.15, 0.2) is 52.9 Å². The Kier molecular flexibility index (Phi) is 8.18. The lowest BCUT2D eigenvalue weighted by Gasteiger charge is -2.17. The zero-order valence-corrected chi connectivity index (χ0v) is 21.3. The average molecular weight is 497 g/mol. The molecule has 7 heteroatoms. The van der Waals surface area contributed by atoms with Gasteiger partial charge in [-0.05, 0) is 61.2 Å². The van der Waals surface area contributed by atoms with Gasteiger partial charge in [0.2, 0.25) is 5.76 Å². The second-order valence-electron chi connectivity index (χ2n) is 9.20. The van der Waals surface area contributed by atoms with E-state index >= 15 is 0 Å². The lowest BCUT2D eigenvalue weighted by atomic mass is 9.85. The van der Waals surface area contributed by atoms with Gasteiger partial charge in [0, 0.05) is 22.6 Å². The monoisotopic (exact) mass is 496 g/mol. The maximum atomic E-state index is 13.6. The molecule has 1 heterocycles. The Morgan fingerprint density at radius 3 is 1.91 bits per heavy atom. The van der Waals surface area contributed by atoms with Crippen molar-refractivity contribution < 1.29 is 28.3 Å². The highest BCUT2D eigenvalue weighted by Crippen LogP contribution is 2.41. The quantitative estimate of drug-likeness (QED) is 0.241. The van der Waals surface area contributed by atoms with E-state index in [0.29, 0.717) is 33.0 Å². The lowest BCUT2D eigenvalue weighted by molar-refractivity contribution is 0.0485. The van der Waals surface area contributed by atoms with E-state index in [1.165, 1.54) is 0 Å². The van der Waals surface area contributed by atoms with Crippen LogP contribution >= 0.6 is 11.6 Å². The molecule has 0 bridgehead atoms. The van der Waals surface area contributed by atoms with Crippen molar-refractivity contribution in [2.45, 2.75) is 41.0 Å². The van der Waals surface area contributed by atoms with Gasteiger partial charge in [-0.2, -0.15) is 0 Å². The number of ketones is 1. The number of rotatable bonds is 8. The normalized spacial score (nSPS) is 11.3. The molecule has 35 heavy (non-hydrogen) atoms. The fraction of sp³-hybridized carbons (Fsp3) is 0.321. The number of hydrogen-bond acceptors (Lipinski definition) is 6. The van der Waals surface area contributed by atoms with Crippen molar-refractivity contribution in [2.75, 3.05) is 13.2 Å². The van der Waals surface area contributed by atoms with Crippen LogP contribution in [-0.2, 0) is 9.47 Å². The molecule has 0 N–H and O–H groups in total. The van der Waals surface area contributed by atoms with Crippen LogP contribution in [0.4, 0.5) is 0 Å². The number of furan rings is 1. The highest BCUT2D eigenvalue weighted by atomic mass is 35.5. The minimum atomic E-state index is -0.714. The van der Waals surface area contributed by atoms with Crippen molar-refractivity contribution >= 4 is 29.3 Å². The van der Waals surface area contributed by atoms with Gasteiger partial charge >= 0.3 is 11.9 Å². The summed E-state index contributed by atoms with van der Waals surface area (Å²) in [6.07, 6.45) is 0.187. The minimum absolute atomic E-state index is 0.131. The first-order valence-corrected chi connectivity index (χ1v) is 11.8. The highest BCUT2D eigenvalue weighted by Gasteiger charge is 2.33. The molecule has 0 aliphatic carbocycles. The van der Waals surface area contributed by atoms with Gasteiger partial charge in [0.1, 0.15) is 5.76 Å². The van der Waals surface area contributed by atoms with Crippen LogP contribution in [0.5, 0.6) is 0 Å². The molecule has 0 atom stereocenters. The molecule has 0 saturated heterocycles. The molecule has 0 fully saturated rings. The summed E-state index contributed by atoms with van der Waals surface area (Å²) in [7, 11) is 0. The number of Topliss-reactive ketones (excluding diaryl/α,β-unsaturated/α-hetero) is 1. The fourth-order valence-electron chi connectivity index (χ4n) is 3.68. The maximum Gasteiger partial charge on any atom is 0.375 e. The topological polar surface area (TPSA) is 82.8 Å². The van der Waals surface area contributed by atoms with E-state index in [9.17, 15) is 14.4 Å². The number of benzene rings is 2. The summed E-state index contributed by atoms with van der Waals surface area (Å²) >= 11 is 6.08. The molecular weight excluding hydrogens is 468 g/mol. The van der Waals surface area contributed by atoms with E-state index in [4.69, 9.17) is 25.5 Å². The molecule has 3 rings (SSSR count). The van der Waals surface area contributed by atoms with E-state index in [0.717, 1.165) is 0 Å². The lowest BCUT2D eigenvalue weighted by Crippen LogP contribution is -2.16. The Morgan fingerprint density at radius 1 is 0.829 bits per heavy atom. The van der Waals surface area contributed by atoms with Crippen molar-refractivity contribution in [1.82, 2.24) is 0 Å². The summed E-state index contributed by atoms with van der Waals surface area (Å²) in [4.78, 5) is 38.6. The van der Waals surface area contributed by atoms with Gasteiger partial charge in [-0.3, -0.25) is 4.79 Å². The molecule has 1 aromatic heterocycles. The summed E-state index contributed by atoms with van der Waals surface area (Å²) in [6.45, 7) is 9.66. The van der Waals surface area contributed by atoms with Crippen LogP contribution in [0, 0.1) is 5.41 Å². The molecule has 0 amide bonds. The number of halogens is 1. The predicted molar refractivity (Wildman–Crippen MR) is 135 cm³/mol. The SMILES string of the molecule is CCOC(=O)c1ccc(-c2c(-c3ccc(Cl)cc3)oc(C(=O)OCC)c2C(=O)CC(C)(C)C)cc1. The molecule has 184 valence electrons. The molecule has 0 unspecified atom stereocenters. The summed E-state index contributed by atoms with van der Waals surface area (Å²) in [6, 6.07) is 13.6. The summed E-state index contributed by atoms with van der Waals surface area (Å²) < 4.78 is 16.4. The first-order valence-electron chi connectivity index (χ1n) is 11.5. The number of carbonyl (C=O) groups is 3. The Balaban J connectivity index is 2.28. The van der Waals surface area contributed by atoms with Gasteiger partial charge in [-0.1, -0.05) is 44.5 Å². The molecule has 0 aliphatic heterocycles. The van der Waals surface area contributed by atoms with Crippen molar-refractivity contribution in [1.29, 1.82) is 0 Å². The molecule has 0 aliphatic rings. The van der Waals surface area contributed by atoms with Crippen LogP contribution in [-0.4, -0.2) is 30.9 Å². The van der Waals surface area contributed by atoms with E-state index in [2.05, 4.69) is 0 Å². The smallest absolute Gasteiger partial charge is 0.375 e. The van der Waals surface area contributed by atoms with Gasteiger partial charge in [-0.25, -0.2) is 9.59 Å². The Hall–Kier alpha value is -3.38. The van der Waals surface area contributed by atoms with Gasteiger partial charge in [-0.15, -0.1) is 0 Å². The summed E-state index contributed by atoms with van der Waals surface area (Å²) in [5, 5.41) is 0.537. The fourth-order valence-corrected chi connectivity index (χ4v) is 3.80. The molecule has 0 spiro atoms. The number of hydrogen-bond donors (Lipinski definition) is 0. The third-order valence-corrected chi connectivity index (χ3v) is 5.38. The highest BCUT2D eigenvalue weighted by molar-refractivity contribution is 6.30. The summed E-state index contributed by atoms with van der Waals surface area (Å²) in [5.74, 6) is -1.20. The van der Waals surface area contributed by atoms with Crippen LogP contribution in [0.25, 0.3) is 22.5 Å². The minimum Gasteiger partial charge on any atom is -0.462 e. The third kappa shape index (κ3) is 6.20. The molecule has 0 radical (unpaired) electrons. The first kappa shape index (κ1) is 26.2. The molecule has 2 aromatic carbocycles. The molecular formula is C28H29ClO6. The van der Waals surface area contributed by atoms with Gasteiger partial charge < -0.3 is 13.9 Å². The van der Waals surface area contributed by atoms with E-state index in [1.54, 1.807) is 62.4 Å². The van der Waals surface area contributed by atoms with Crippen LogP contribution in [0.3, 0.4) is 0 Å². The number of ether oxygens (including phenoxy) is 2. The Bertz CT molecular complexity index is 1210. The third-order valence-electron chi connectivity index (χ3n) is 5.13. The molecule has 0 saturated carbocycles. The first-order chi connectivity index (χ1) is 16.6. The zero-order chi connectivity index (χ0) is 25.8. The second kappa shape index (κ2) is 10.9. The Morgan fingerprint density at radius 2 is 1.37 bits per heavy atom. The van der Waals surface area contributed by atoms with Gasteiger partial charge in [0.25, 0.3) is 0 Å². The van der Waals surface area contributed by atoms with Crippen molar-refractivity contribution in [2.24, 2.45) is 5.41 Å². The van der Waals surface area contributed by atoms with Gasteiger partial charge in [0.15, 0.2) is 5.78 Å². The van der Waals surface area contributed by atoms with Crippen LogP contribution in [0.2, 0.25) is 5.02 Å². The number of carbonyl (C=O) groups excluding carboxylic acids is 3. The van der Waals surface area contributed by atoms with Crippen molar-refractivity contribution in [3.05, 3.63) is 70.4 Å².